The Labute approximate surface area is 122 Å². The van der Waals surface area contributed by atoms with Crippen molar-refractivity contribution in [1.29, 1.82) is 0 Å². The molecule has 2 rings (SSSR count). The van der Waals surface area contributed by atoms with Gasteiger partial charge in [-0.3, -0.25) is 4.68 Å². The molecule has 1 atom stereocenters. The maximum absolute atomic E-state index is 4.53. The number of aromatic nitrogens is 2. The van der Waals surface area contributed by atoms with Crippen LogP contribution in [0.5, 0.6) is 0 Å². The van der Waals surface area contributed by atoms with E-state index in [4.69, 9.17) is 0 Å². The monoisotopic (exact) mass is 271 g/mol. The van der Waals surface area contributed by atoms with Crippen molar-refractivity contribution in [3.63, 3.8) is 0 Å². The third-order valence-electron chi connectivity index (χ3n) is 3.82. The fourth-order valence-electron chi connectivity index (χ4n) is 2.59. The van der Waals surface area contributed by atoms with E-state index in [9.17, 15) is 0 Å². The Bertz CT molecular complexity index is 557. The Morgan fingerprint density at radius 2 is 2.05 bits per heavy atom. The van der Waals surface area contributed by atoms with Gasteiger partial charge in [-0.2, -0.15) is 5.10 Å². The average Bonchev–Trinajstić information content (AvgIpc) is 2.78. The molecule has 1 heterocycles. The van der Waals surface area contributed by atoms with E-state index in [-0.39, 0.29) is 0 Å². The van der Waals surface area contributed by atoms with Crippen molar-refractivity contribution < 1.29 is 0 Å². The predicted molar refractivity (Wildman–Crippen MR) is 84.0 cm³/mol. The molecule has 3 heteroatoms. The average molecular weight is 271 g/mol. The van der Waals surface area contributed by atoms with Gasteiger partial charge in [-0.15, -0.1) is 0 Å². The first-order valence-corrected chi connectivity index (χ1v) is 7.37. The van der Waals surface area contributed by atoms with E-state index in [0.29, 0.717) is 6.04 Å². The van der Waals surface area contributed by atoms with Crippen molar-refractivity contribution in [2.24, 2.45) is 7.05 Å². The largest absolute Gasteiger partial charge is 0.316 e. The van der Waals surface area contributed by atoms with E-state index in [1.54, 1.807) is 0 Å². The van der Waals surface area contributed by atoms with Crippen molar-refractivity contribution >= 4 is 0 Å². The van der Waals surface area contributed by atoms with Gasteiger partial charge in [0.1, 0.15) is 0 Å². The molecule has 108 valence electrons. The van der Waals surface area contributed by atoms with E-state index in [1.165, 1.54) is 22.5 Å². The molecular formula is C17H25N3. The summed E-state index contributed by atoms with van der Waals surface area (Å²) in [7, 11) is 4.07. The van der Waals surface area contributed by atoms with Crippen LogP contribution in [-0.2, 0) is 26.3 Å². The van der Waals surface area contributed by atoms with Gasteiger partial charge in [-0.05, 0) is 38.4 Å². The second kappa shape index (κ2) is 6.71. The smallest absolute Gasteiger partial charge is 0.0624 e. The predicted octanol–water partition coefficient (Wildman–Crippen LogP) is 2.66. The Balaban J connectivity index is 2.06. The van der Waals surface area contributed by atoms with Crippen LogP contribution in [0.25, 0.3) is 0 Å². The zero-order valence-electron chi connectivity index (χ0n) is 13.0. The number of aryl methyl sites for hydroxylation is 3. The zero-order valence-corrected chi connectivity index (χ0v) is 13.0. The van der Waals surface area contributed by atoms with Crippen LogP contribution in [0.15, 0.2) is 30.3 Å². The molecule has 1 unspecified atom stereocenters. The molecule has 0 aliphatic rings. The standard InChI is InChI=1S/C17H25N3/c1-5-15-11-17(20(4)19-15)12-16(18-3)10-14-8-6-7-13(2)9-14/h6-9,11,16,18H,5,10,12H2,1-4H3. The van der Waals surface area contributed by atoms with Crippen LogP contribution < -0.4 is 5.32 Å². The van der Waals surface area contributed by atoms with Gasteiger partial charge in [0.25, 0.3) is 0 Å². The summed E-state index contributed by atoms with van der Waals surface area (Å²) in [6.45, 7) is 4.29. The molecule has 0 aliphatic heterocycles. The summed E-state index contributed by atoms with van der Waals surface area (Å²) in [5, 5.41) is 7.96. The molecule has 1 aromatic carbocycles. The molecule has 0 saturated heterocycles. The fourth-order valence-corrected chi connectivity index (χ4v) is 2.59. The topological polar surface area (TPSA) is 29.9 Å². The number of rotatable bonds is 6. The summed E-state index contributed by atoms with van der Waals surface area (Å²) in [5.41, 5.74) is 5.19. The van der Waals surface area contributed by atoms with Crippen molar-refractivity contribution in [2.75, 3.05) is 7.05 Å². The number of hydrogen-bond donors (Lipinski definition) is 1. The van der Waals surface area contributed by atoms with Crippen LogP contribution >= 0.6 is 0 Å². The highest BCUT2D eigenvalue weighted by Gasteiger charge is 2.12. The van der Waals surface area contributed by atoms with Crippen molar-refractivity contribution in [2.45, 2.75) is 39.2 Å². The second-order valence-electron chi connectivity index (χ2n) is 5.49. The van der Waals surface area contributed by atoms with E-state index >= 15 is 0 Å². The van der Waals surface area contributed by atoms with Gasteiger partial charge in [0, 0.05) is 25.2 Å². The number of benzene rings is 1. The molecule has 0 aliphatic carbocycles. The van der Waals surface area contributed by atoms with Crippen LogP contribution in [0.1, 0.15) is 29.4 Å². The minimum absolute atomic E-state index is 0.442. The van der Waals surface area contributed by atoms with Gasteiger partial charge >= 0.3 is 0 Å². The second-order valence-corrected chi connectivity index (χ2v) is 5.49. The lowest BCUT2D eigenvalue weighted by Gasteiger charge is -2.16. The van der Waals surface area contributed by atoms with E-state index in [2.05, 4.69) is 54.6 Å². The first-order valence-electron chi connectivity index (χ1n) is 7.37. The number of nitrogens with zero attached hydrogens (tertiary/aromatic N) is 2. The lowest BCUT2D eigenvalue weighted by atomic mass is 10.0. The summed E-state index contributed by atoms with van der Waals surface area (Å²) >= 11 is 0. The molecule has 0 bridgehead atoms. The first-order chi connectivity index (χ1) is 9.62. The van der Waals surface area contributed by atoms with Crippen LogP contribution in [0.3, 0.4) is 0 Å². The molecule has 3 nitrogen and oxygen atoms in total. The Morgan fingerprint density at radius 1 is 1.25 bits per heavy atom. The Morgan fingerprint density at radius 3 is 2.65 bits per heavy atom. The van der Waals surface area contributed by atoms with Gasteiger partial charge in [0.15, 0.2) is 0 Å². The minimum Gasteiger partial charge on any atom is -0.316 e. The van der Waals surface area contributed by atoms with Crippen molar-refractivity contribution in [1.82, 2.24) is 15.1 Å². The normalized spacial score (nSPS) is 12.6. The summed E-state index contributed by atoms with van der Waals surface area (Å²) < 4.78 is 2.01. The SMILES string of the molecule is CCc1cc(CC(Cc2cccc(C)c2)NC)n(C)n1. The highest BCUT2D eigenvalue weighted by atomic mass is 15.3. The molecule has 0 spiro atoms. The summed E-state index contributed by atoms with van der Waals surface area (Å²) in [6.07, 6.45) is 3.05. The molecule has 1 N–H and O–H groups in total. The number of nitrogens with one attached hydrogen (secondary N) is 1. The van der Waals surface area contributed by atoms with Gasteiger partial charge in [0.2, 0.25) is 0 Å². The maximum atomic E-state index is 4.53. The minimum atomic E-state index is 0.442. The van der Waals surface area contributed by atoms with E-state index in [1.807, 2.05) is 18.8 Å². The molecule has 0 radical (unpaired) electrons. The molecule has 0 amide bonds. The molecule has 20 heavy (non-hydrogen) atoms. The van der Waals surface area contributed by atoms with E-state index < -0.39 is 0 Å². The van der Waals surface area contributed by atoms with Gasteiger partial charge in [-0.1, -0.05) is 36.8 Å². The Kier molecular flexibility index (Phi) is 4.96. The maximum Gasteiger partial charge on any atom is 0.0624 e. The van der Waals surface area contributed by atoms with Gasteiger partial charge in [0.05, 0.1) is 5.69 Å². The summed E-state index contributed by atoms with van der Waals surface area (Å²) in [4.78, 5) is 0. The quantitative estimate of drug-likeness (QED) is 0.875. The molecular weight excluding hydrogens is 246 g/mol. The third-order valence-corrected chi connectivity index (χ3v) is 3.82. The third kappa shape index (κ3) is 3.70. The van der Waals surface area contributed by atoms with Crippen molar-refractivity contribution in [3.8, 4) is 0 Å². The zero-order chi connectivity index (χ0) is 14.5. The lowest BCUT2D eigenvalue weighted by Crippen LogP contribution is -2.30. The van der Waals surface area contributed by atoms with Gasteiger partial charge < -0.3 is 5.32 Å². The Hall–Kier alpha value is -1.61. The van der Waals surface area contributed by atoms with E-state index in [0.717, 1.165) is 19.3 Å². The summed E-state index contributed by atoms with van der Waals surface area (Å²) in [6, 6.07) is 11.4. The number of hydrogen-bond acceptors (Lipinski definition) is 2. The highest BCUT2D eigenvalue weighted by Crippen LogP contribution is 2.12. The van der Waals surface area contributed by atoms with Gasteiger partial charge in [-0.25, -0.2) is 0 Å². The fraction of sp³-hybridized carbons (Fsp3) is 0.471. The van der Waals surface area contributed by atoms with Crippen molar-refractivity contribution in [3.05, 3.63) is 52.8 Å². The molecule has 1 aromatic heterocycles. The highest BCUT2D eigenvalue weighted by molar-refractivity contribution is 5.23. The molecule has 2 aromatic rings. The summed E-state index contributed by atoms with van der Waals surface area (Å²) in [5.74, 6) is 0. The lowest BCUT2D eigenvalue weighted by molar-refractivity contribution is 0.533. The molecule has 0 saturated carbocycles. The van der Waals surface area contributed by atoms with Crippen LogP contribution in [-0.4, -0.2) is 22.9 Å². The molecule has 0 fully saturated rings. The van der Waals surface area contributed by atoms with Crippen LogP contribution in [0, 0.1) is 6.92 Å². The number of likely N-dealkylation sites (N-methyl/N-ethyl adjacent to an activating group) is 1. The first kappa shape index (κ1) is 14.8. The van der Waals surface area contributed by atoms with Crippen LogP contribution in [0.2, 0.25) is 0 Å². The van der Waals surface area contributed by atoms with Crippen LogP contribution in [0.4, 0.5) is 0 Å².